The average Bonchev–Trinajstić information content (AvgIpc) is 2.28. The monoisotopic (exact) mass is 302 g/mol. The Kier molecular flexibility index (Phi) is 5.05. The fourth-order valence-corrected chi connectivity index (χ4v) is 1.49. The first kappa shape index (κ1) is 13.6. The minimum absolute atomic E-state index is 0.121. The van der Waals surface area contributed by atoms with Gasteiger partial charge in [0.05, 0.1) is 4.92 Å². The summed E-state index contributed by atoms with van der Waals surface area (Å²) >= 11 is 3.13. The third-order valence-corrected chi connectivity index (χ3v) is 2.36. The summed E-state index contributed by atoms with van der Waals surface area (Å²) < 4.78 is 5.48. The zero-order valence-corrected chi connectivity index (χ0v) is 10.7. The summed E-state index contributed by atoms with van der Waals surface area (Å²) in [7, 11) is 0. The second-order valence-electron chi connectivity index (χ2n) is 3.10. The molecule has 0 aromatic heterocycles. The predicted octanol–water partition coefficient (Wildman–Crippen LogP) is 2.33. The van der Waals surface area contributed by atoms with Crippen molar-refractivity contribution in [2.75, 3.05) is 18.5 Å². The van der Waals surface area contributed by atoms with E-state index in [1.54, 1.807) is 13.0 Å². The molecule has 0 bridgehead atoms. The summed E-state index contributed by atoms with van der Waals surface area (Å²) in [5.41, 5.74) is -0.00729. The number of hydrogen-bond donors (Lipinski definition) is 1. The number of nitro groups is 1. The summed E-state index contributed by atoms with van der Waals surface area (Å²) in [5.74, 6) is -0.419. The highest BCUT2D eigenvalue weighted by molar-refractivity contribution is 9.10. The van der Waals surface area contributed by atoms with Crippen LogP contribution in [0.1, 0.15) is 6.92 Å². The lowest BCUT2D eigenvalue weighted by molar-refractivity contribution is -0.384. The Morgan fingerprint density at radius 3 is 2.88 bits per heavy atom. The van der Waals surface area contributed by atoms with E-state index >= 15 is 0 Å². The molecular weight excluding hydrogens is 292 g/mol. The van der Waals surface area contributed by atoms with Gasteiger partial charge in [0.1, 0.15) is 12.3 Å². The van der Waals surface area contributed by atoms with Gasteiger partial charge in [0.25, 0.3) is 11.6 Å². The number of ether oxygens (including phenoxy) is 1. The van der Waals surface area contributed by atoms with E-state index in [1.807, 2.05) is 0 Å². The minimum Gasteiger partial charge on any atom is -0.372 e. The number of nitro benzene ring substituents is 1. The van der Waals surface area contributed by atoms with Crippen LogP contribution in [0.15, 0.2) is 22.7 Å². The highest BCUT2D eigenvalue weighted by Gasteiger charge is 2.16. The van der Waals surface area contributed by atoms with Crippen molar-refractivity contribution >= 4 is 33.2 Å². The summed E-state index contributed by atoms with van der Waals surface area (Å²) in [6.45, 7) is 2.05. The Hall–Kier alpha value is -1.47. The van der Waals surface area contributed by atoms with Crippen LogP contribution >= 0.6 is 15.9 Å². The molecule has 0 heterocycles. The second-order valence-corrected chi connectivity index (χ2v) is 4.02. The molecule has 0 aliphatic heterocycles. The molecule has 0 saturated heterocycles. The maximum absolute atomic E-state index is 11.4. The smallest absolute Gasteiger partial charge is 0.293 e. The molecule has 92 valence electrons. The molecule has 1 N–H and O–H groups in total. The first-order valence-corrected chi connectivity index (χ1v) is 5.65. The van der Waals surface area contributed by atoms with Crippen molar-refractivity contribution in [2.45, 2.75) is 6.92 Å². The van der Waals surface area contributed by atoms with E-state index in [-0.39, 0.29) is 18.0 Å². The molecule has 0 saturated carbocycles. The lowest BCUT2D eigenvalue weighted by Crippen LogP contribution is -2.18. The van der Waals surface area contributed by atoms with Crippen molar-refractivity contribution in [3.63, 3.8) is 0 Å². The molecular formula is C10H11BrN2O4. The van der Waals surface area contributed by atoms with Crippen LogP contribution in [-0.2, 0) is 9.53 Å². The average molecular weight is 303 g/mol. The number of benzene rings is 1. The van der Waals surface area contributed by atoms with Crippen LogP contribution in [0.3, 0.4) is 0 Å². The molecule has 17 heavy (non-hydrogen) atoms. The van der Waals surface area contributed by atoms with Crippen LogP contribution < -0.4 is 5.32 Å². The molecule has 1 aromatic rings. The zero-order valence-electron chi connectivity index (χ0n) is 9.10. The highest BCUT2D eigenvalue weighted by Crippen LogP contribution is 2.27. The minimum atomic E-state index is -0.555. The lowest BCUT2D eigenvalue weighted by atomic mass is 10.2. The molecule has 0 fully saturated rings. The second kappa shape index (κ2) is 6.31. The van der Waals surface area contributed by atoms with Gasteiger partial charge in [-0.2, -0.15) is 0 Å². The zero-order chi connectivity index (χ0) is 12.8. The number of anilines is 1. The number of hydrogen-bond acceptors (Lipinski definition) is 4. The molecule has 0 radical (unpaired) electrons. The van der Waals surface area contributed by atoms with Crippen molar-refractivity contribution in [3.05, 3.63) is 32.8 Å². The molecule has 0 atom stereocenters. The van der Waals surface area contributed by atoms with Gasteiger partial charge in [0.15, 0.2) is 0 Å². The number of nitrogens with one attached hydrogen (secondary N) is 1. The predicted molar refractivity (Wildman–Crippen MR) is 65.9 cm³/mol. The van der Waals surface area contributed by atoms with E-state index in [0.29, 0.717) is 11.1 Å². The van der Waals surface area contributed by atoms with Crippen LogP contribution in [-0.4, -0.2) is 24.0 Å². The third kappa shape index (κ3) is 4.12. The topological polar surface area (TPSA) is 81.5 Å². The van der Waals surface area contributed by atoms with Crippen molar-refractivity contribution in [3.8, 4) is 0 Å². The van der Waals surface area contributed by atoms with E-state index < -0.39 is 10.8 Å². The molecule has 0 spiro atoms. The molecule has 1 rings (SSSR count). The molecule has 7 heteroatoms. The maximum atomic E-state index is 11.4. The number of amides is 1. The Morgan fingerprint density at radius 2 is 2.29 bits per heavy atom. The van der Waals surface area contributed by atoms with E-state index in [0.717, 1.165) is 0 Å². The van der Waals surface area contributed by atoms with Crippen molar-refractivity contribution in [2.24, 2.45) is 0 Å². The summed E-state index contributed by atoms with van der Waals surface area (Å²) in [4.78, 5) is 21.6. The first-order chi connectivity index (χ1) is 8.04. The maximum Gasteiger partial charge on any atom is 0.293 e. The van der Waals surface area contributed by atoms with Crippen molar-refractivity contribution < 1.29 is 14.5 Å². The van der Waals surface area contributed by atoms with Gasteiger partial charge in [0, 0.05) is 17.1 Å². The number of nitrogens with zero attached hydrogens (tertiary/aromatic N) is 1. The third-order valence-electron chi connectivity index (χ3n) is 1.87. The molecule has 0 aliphatic carbocycles. The Labute approximate surface area is 106 Å². The van der Waals surface area contributed by atoms with Crippen LogP contribution in [0.2, 0.25) is 0 Å². The molecule has 0 aliphatic rings. The van der Waals surface area contributed by atoms with Crippen LogP contribution in [0.5, 0.6) is 0 Å². The van der Waals surface area contributed by atoms with Gasteiger partial charge >= 0.3 is 0 Å². The van der Waals surface area contributed by atoms with E-state index in [2.05, 4.69) is 21.2 Å². The number of halogens is 1. The normalized spacial score (nSPS) is 10.0. The Morgan fingerprint density at radius 1 is 1.59 bits per heavy atom. The van der Waals surface area contributed by atoms with E-state index in [9.17, 15) is 14.9 Å². The standard InChI is InChI=1S/C10H11BrN2O4/c1-2-17-6-10(14)12-8-4-3-7(11)5-9(8)13(15)16/h3-5H,2,6H2,1H3,(H,12,14). The van der Waals surface area contributed by atoms with Crippen LogP contribution in [0.4, 0.5) is 11.4 Å². The SMILES string of the molecule is CCOCC(=O)Nc1ccc(Br)cc1[N+](=O)[O-]. The van der Waals surface area contributed by atoms with Gasteiger partial charge in [-0.05, 0) is 19.1 Å². The van der Waals surface area contributed by atoms with E-state index in [1.165, 1.54) is 12.1 Å². The van der Waals surface area contributed by atoms with Gasteiger partial charge in [-0.3, -0.25) is 14.9 Å². The van der Waals surface area contributed by atoms with Gasteiger partial charge in [-0.1, -0.05) is 15.9 Å². The number of rotatable bonds is 5. The fraction of sp³-hybridized carbons (Fsp3) is 0.300. The Balaban J connectivity index is 2.83. The molecule has 0 unspecified atom stereocenters. The number of carbonyl (C=O) groups is 1. The largest absolute Gasteiger partial charge is 0.372 e. The molecule has 1 aromatic carbocycles. The quantitative estimate of drug-likeness (QED) is 0.668. The van der Waals surface area contributed by atoms with Gasteiger partial charge in [0.2, 0.25) is 0 Å². The van der Waals surface area contributed by atoms with Gasteiger partial charge in [-0.25, -0.2) is 0 Å². The van der Waals surface area contributed by atoms with Crippen molar-refractivity contribution in [1.29, 1.82) is 0 Å². The summed E-state index contributed by atoms with van der Waals surface area (Å²) in [6, 6.07) is 4.41. The highest BCUT2D eigenvalue weighted by atomic mass is 79.9. The summed E-state index contributed by atoms with van der Waals surface area (Å²) in [5, 5.41) is 13.2. The van der Waals surface area contributed by atoms with Crippen molar-refractivity contribution in [1.82, 2.24) is 0 Å². The number of carbonyl (C=O) groups excluding carboxylic acids is 1. The molecule has 6 nitrogen and oxygen atoms in total. The molecule has 1 amide bonds. The first-order valence-electron chi connectivity index (χ1n) is 4.86. The Bertz CT molecular complexity index is 436. The van der Waals surface area contributed by atoms with Crippen LogP contribution in [0, 0.1) is 10.1 Å². The van der Waals surface area contributed by atoms with Gasteiger partial charge in [-0.15, -0.1) is 0 Å². The lowest BCUT2D eigenvalue weighted by Gasteiger charge is -2.06. The van der Waals surface area contributed by atoms with E-state index in [4.69, 9.17) is 4.74 Å². The fourth-order valence-electron chi connectivity index (χ4n) is 1.14. The summed E-state index contributed by atoms with van der Waals surface area (Å²) in [6.07, 6.45) is 0. The van der Waals surface area contributed by atoms with Gasteiger partial charge < -0.3 is 10.1 Å². The van der Waals surface area contributed by atoms with Crippen LogP contribution in [0.25, 0.3) is 0 Å².